The summed E-state index contributed by atoms with van der Waals surface area (Å²) >= 11 is 0. The molecule has 0 spiro atoms. The highest BCUT2D eigenvalue weighted by Gasteiger charge is 2.22. The van der Waals surface area contributed by atoms with Gasteiger partial charge >= 0.3 is 0 Å². The van der Waals surface area contributed by atoms with E-state index >= 15 is 0 Å². The second-order valence-corrected chi connectivity index (χ2v) is 8.39. The quantitative estimate of drug-likeness (QED) is 0.759. The molecule has 0 unspecified atom stereocenters. The Bertz CT molecular complexity index is 906. The van der Waals surface area contributed by atoms with Crippen LogP contribution in [-0.2, 0) is 17.6 Å². The molecule has 2 aromatic rings. The number of rotatable bonds is 4. The van der Waals surface area contributed by atoms with Gasteiger partial charge in [-0.05, 0) is 57.1 Å². The molecule has 0 saturated heterocycles. The van der Waals surface area contributed by atoms with Gasteiger partial charge in [-0.1, -0.05) is 49.1 Å². The zero-order valence-corrected chi connectivity index (χ0v) is 16.9. The largest absolute Gasteiger partial charge is 0.309 e. The molecule has 0 bridgehead atoms. The molecule has 0 aliphatic heterocycles. The van der Waals surface area contributed by atoms with Crippen molar-refractivity contribution in [2.45, 2.75) is 65.2 Å². The molecule has 4 nitrogen and oxygen atoms in total. The van der Waals surface area contributed by atoms with Gasteiger partial charge in [-0.3, -0.25) is 4.79 Å². The first kappa shape index (κ1) is 18.9. The number of allylic oxidation sites excluding steroid dienone is 1. The topological polar surface area (TPSA) is 54.9 Å². The first-order valence-corrected chi connectivity index (χ1v) is 10.5. The average Bonchev–Trinajstić information content (AvgIpc) is 2.69. The number of nitrogens with one attached hydrogen (secondary N) is 1. The van der Waals surface area contributed by atoms with Gasteiger partial charge in [0, 0.05) is 12.0 Å². The molecular weight excluding hydrogens is 346 g/mol. The third-order valence-corrected chi connectivity index (χ3v) is 5.78. The number of fused-ring (bicyclic) bond motifs is 3. The number of carbonyl (C=O) groups is 1. The molecule has 2 aliphatic carbocycles. The van der Waals surface area contributed by atoms with Gasteiger partial charge in [0.1, 0.15) is 5.69 Å². The first-order valence-electron chi connectivity index (χ1n) is 10.5. The van der Waals surface area contributed by atoms with Gasteiger partial charge in [0.2, 0.25) is 5.91 Å². The lowest BCUT2D eigenvalue weighted by Gasteiger charge is -2.22. The minimum absolute atomic E-state index is 0.0702. The second kappa shape index (κ2) is 8.26. The Morgan fingerprint density at radius 2 is 1.89 bits per heavy atom. The minimum atomic E-state index is 0.0702. The molecular formula is C24H29N3O. The number of aromatic nitrogens is 2. The summed E-state index contributed by atoms with van der Waals surface area (Å²) in [6.07, 6.45) is 10.6. The second-order valence-electron chi connectivity index (χ2n) is 8.39. The van der Waals surface area contributed by atoms with Gasteiger partial charge in [0.05, 0.1) is 11.4 Å². The van der Waals surface area contributed by atoms with Crippen LogP contribution in [0.2, 0.25) is 0 Å². The third-order valence-electron chi connectivity index (χ3n) is 5.78. The van der Waals surface area contributed by atoms with E-state index in [0.29, 0.717) is 18.2 Å². The molecule has 1 aromatic carbocycles. The lowest BCUT2D eigenvalue weighted by Crippen LogP contribution is -2.21. The van der Waals surface area contributed by atoms with Gasteiger partial charge in [0.15, 0.2) is 5.82 Å². The highest BCUT2D eigenvalue weighted by Crippen LogP contribution is 2.33. The predicted octanol–water partition coefficient (Wildman–Crippen LogP) is 5.57. The summed E-state index contributed by atoms with van der Waals surface area (Å²) in [6.45, 7) is 4.09. The van der Waals surface area contributed by atoms with Crippen LogP contribution in [0.25, 0.3) is 17.3 Å². The summed E-state index contributed by atoms with van der Waals surface area (Å²) in [7, 11) is 0. The number of hydrogen-bond acceptors (Lipinski definition) is 3. The van der Waals surface area contributed by atoms with Crippen molar-refractivity contribution in [1.82, 2.24) is 9.97 Å². The minimum Gasteiger partial charge on any atom is -0.309 e. The van der Waals surface area contributed by atoms with Crippen molar-refractivity contribution in [3.05, 3.63) is 46.8 Å². The van der Waals surface area contributed by atoms with E-state index in [9.17, 15) is 4.79 Å². The SMILES string of the molecule is CC(C)=Cc1nc2c(nc1NC(=O)CC1CCCCC1)CCc1ccccc1-2. The highest BCUT2D eigenvalue weighted by atomic mass is 16.1. The highest BCUT2D eigenvalue weighted by molar-refractivity contribution is 5.92. The van der Waals surface area contributed by atoms with Crippen LogP contribution in [0.15, 0.2) is 29.8 Å². The fourth-order valence-corrected chi connectivity index (χ4v) is 4.40. The smallest absolute Gasteiger partial charge is 0.225 e. The van der Waals surface area contributed by atoms with Crippen molar-refractivity contribution in [2.75, 3.05) is 5.32 Å². The molecule has 1 aromatic heterocycles. The Labute approximate surface area is 167 Å². The van der Waals surface area contributed by atoms with E-state index in [1.807, 2.05) is 19.9 Å². The Morgan fingerprint density at radius 3 is 2.68 bits per heavy atom. The van der Waals surface area contributed by atoms with Crippen LogP contribution >= 0.6 is 0 Å². The molecule has 1 fully saturated rings. The van der Waals surface area contributed by atoms with E-state index in [-0.39, 0.29) is 5.91 Å². The summed E-state index contributed by atoms with van der Waals surface area (Å²) in [5, 5.41) is 3.08. The zero-order chi connectivity index (χ0) is 19.5. The summed E-state index contributed by atoms with van der Waals surface area (Å²) in [4.78, 5) is 22.5. The molecule has 4 rings (SSSR count). The Kier molecular flexibility index (Phi) is 5.56. The van der Waals surface area contributed by atoms with Gasteiger partial charge in [-0.2, -0.15) is 0 Å². The van der Waals surface area contributed by atoms with E-state index in [0.717, 1.165) is 35.5 Å². The van der Waals surface area contributed by atoms with E-state index in [1.165, 1.54) is 43.2 Å². The summed E-state index contributed by atoms with van der Waals surface area (Å²) in [5.74, 6) is 1.19. The summed E-state index contributed by atoms with van der Waals surface area (Å²) in [5.41, 5.74) is 6.33. The zero-order valence-electron chi connectivity index (χ0n) is 16.9. The molecule has 4 heteroatoms. The number of carbonyl (C=O) groups excluding carboxylic acids is 1. The Hall–Kier alpha value is -2.49. The fraction of sp³-hybridized carbons (Fsp3) is 0.458. The Morgan fingerprint density at radius 1 is 1.11 bits per heavy atom. The predicted molar refractivity (Wildman–Crippen MR) is 114 cm³/mol. The van der Waals surface area contributed by atoms with E-state index in [1.54, 1.807) is 0 Å². The van der Waals surface area contributed by atoms with E-state index in [2.05, 4.69) is 29.6 Å². The number of aryl methyl sites for hydroxylation is 2. The van der Waals surface area contributed by atoms with Crippen LogP contribution in [0.3, 0.4) is 0 Å². The molecule has 146 valence electrons. The van der Waals surface area contributed by atoms with Crippen LogP contribution in [0, 0.1) is 5.92 Å². The monoisotopic (exact) mass is 375 g/mol. The number of benzene rings is 1. The van der Waals surface area contributed by atoms with E-state index in [4.69, 9.17) is 9.97 Å². The maximum absolute atomic E-state index is 12.7. The summed E-state index contributed by atoms with van der Waals surface area (Å²) in [6, 6.07) is 8.42. The van der Waals surface area contributed by atoms with Gasteiger partial charge in [0.25, 0.3) is 0 Å². The maximum atomic E-state index is 12.7. The molecule has 1 N–H and O–H groups in total. The maximum Gasteiger partial charge on any atom is 0.225 e. The standard InChI is InChI=1S/C24H29N3O/c1-16(2)14-21-24(27-22(28)15-17-8-4-3-5-9-17)26-20-13-12-18-10-6-7-11-19(18)23(20)25-21/h6-7,10-11,14,17H,3-5,8-9,12-13,15H2,1-2H3,(H,26,27,28). The van der Waals surface area contributed by atoms with Gasteiger partial charge in [-0.15, -0.1) is 0 Å². The van der Waals surface area contributed by atoms with Crippen LogP contribution in [0.1, 0.15) is 69.3 Å². The molecule has 2 aliphatic rings. The van der Waals surface area contributed by atoms with Crippen molar-refractivity contribution >= 4 is 17.8 Å². The molecule has 1 heterocycles. The van der Waals surface area contributed by atoms with Crippen LogP contribution in [0.4, 0.5) is 5.82 Å². The molecule has 0 radical (unpaired) electrons. The number of anilines is 1. The third kappa shape index (κ3) is 4.16. The number of amides is 1. The Balaban J connectivity index is 1.63. The van der Waals surface area contributed by atoms with Crippen LogP contribution in [0.5, 0.6) is 0 Å². The summed E-state index contributed by atoms with van der Waals surface area (Å²) < 4.78 is 0. The van der Waals surface area contributed by atoms with Crippen molar-refractivity contribution in [3.63, 3.8) is 0 Å². The lowest BCUT2D eigenvalue weighted by molar-refractivity contribution is -0.117. The number of hydrogen-bond donors (Lipinski definition) is 1. The van der Waals surface area contributed by atoms with Crippen LogP contribution < -0.4 is 5.32 Å². The van der Waals surface area contributed by atoms with Crippen LogP contribution in [-0.4, -0.2) is 15.9 Å². The van der Waals surface area contributed by atoms with Crippen molar-refractivity contribution in [1.29, 1.82) is 0 Å². The first-order chi connectivity index (χ1) is 13.6. The number of nitrogens with zero attached hydrogens (tertiary/aromatic N) is 2. The van der Waals surface area contributed by atoms with Crippen molar-refractivity contribution < 1.29 is 4.79 Å². The molecule has 1 saturated carbocycles. The normalized spacial score (nSPS) is 16.1. The molecule has 0 atom stereocenters. The molecule has 1 amide bonds. The van der Waals surface area contributed by atoms with Crippen molar-refractivity contribution in [3.8, 4) is 11.3 Å². The molecule has 28 heavy (non-hydrogen) atoms. The van der Waals surface area contributed by atoms with E-state index < -0.39 is 0 Å². The lowest BCUT2D eigenvalue weighted by atomic mass is 9.87. The van der Waals surface area contributed by atoms with Gasteiger partial charge < -0.3 is 5.32 Å². The van der Waals surface area contributed by atoms with Gasteiger partial charge in [-0.25, -0.2) is 9.97 Å². The average molecular weight is 376 g/mol. The fourth-order valence-electron chi connectivity index (χ4n) is 4.40. The van der Waals surface area contributed by atoms with Crippen molar-refractivity contribution in [2.24, 2.45) is 5.92 Å².